The Morgan fingerprint density at radius 1 is 1.64 bits per heavy atom. The molecule has 3 nitrogen and oxygen atoms in total. The van der Waals surface area contributed by atoms with E-state index in [4.69, 9.17) is 0 Å². The van der Waals surface area contributed by atoms with Crippen LogP contribution in [0.5, 0.6) is 0 Å². The highest BCUT2D eigenvalue weighted by Gasteiger charge is 2.18. The van der Waals surface area contributed by atoms with Gasteiger partial charge >= 0.3 is 0 Å². The van der Waals surface area contributed by atoms with Crippen molar-refractivity contribution in [3.8, 4) is 0 Å². The second kappa shape index (κ2) is 5.38. The summed E-state index contributed by atoms with van der Waals surface area (Å²) < 4.78 is 0. The number of rotatable bonds is 1. The van der Waals surface area contributed by atoms with Crippen LogP contribution in [0.15, 0.2) is 0 Å². The summed E-state index contributed by atoms with van der Waals surface area (Å²) in [5.41, 5.74) is 0. The van der Waals surface area contributed by atoms with E-state index in [1.165, 1.54) is 0 Å². The first-order valence-electron chi connectivity index (χ1n) is 3.77. The molecule has 11 heavy (non-hydrogen) atoms. The zero-order chi connectivity index (χ0) is 7.40. The van der Waals surface area contributed by atoms with Crippen LogP contribution in [0.1, 0.15) is 12.8 Å². The molecule has 0 radical (unpaired) electrons. The van der Waals surface area contributed by atoms with Crippen LogP contribution in [0.2, 0.25) is 0 Å². The van der Waals surface area contributed by atoms with Crippen molar-refractivity contribution in [2.24, 2.45) is 5.92 Å². The van der Waals surface area contributed by atoms with E-state index in [-0.39, 0.29) is 24.2 Å². The molecule has 4 heteroatoms. The highest BCUT2D eigenvalue weighted by atomic mass is 35.5. The number of halogens is 1. The number of hydrogen-bond acceptors (Lipinski definition) is 2. The SMILES string of the molecule is CNC(=O)[C@@H]1CCCNC1.Cl. The average Bonchev–Trinajstić information content (AvgIpc) is 2.05. The van der Waals surface area contributed by atoms with Crippen molar-refractivity contribution in [2.45, 2.75) is 12.8 Å². The average molecular weight is 179 g/mol. The fourth-order valence-corrected chi connectivity index (χ4v) is 1.28. The summed E-state index contributed by atoms with van der Waals surface area (Å²) in [6.07, 6.45) is 2.16. The zero-order valence-electron chi connectivity index (χ0n) is 6.72. The van der Waals surface area contributed by atoms with E-state index in [1.807, 2.05) is 0 Å². The van der Waals surface area contributed by atoms with E-state index >= 15 is 0 Å². The van der Waals surface area contributed by atoms with Crippen molar-refractivity contribution in [3.05, 3.63) is 0 Å². The van der Waals surface area contributed by atoms with Crippen LogP contribution in [0.25, 0.3) is 0 Å². The van der Waals surface area contributed by atoms with Crippen LogP contribution in [-0.2, 0) is 4.79 Å². The molecule has 1 amide bonds. The van der Waals surface area contributed by atoms with Gasteiger partial charge in [-0.05, 0) is 19.4 Å². The summed E-state index contributed by atoms with van der Waals surface area (Å²) in [5.74, 6) is 0.381. The van der Waals surface area contributed by atoms with Crippen LogP contribution in [0.3, 0.4) is 0 Å². The summed E-state index contributed by atoms with van der Waals surface area (Å²) in [5, 5.41) is 5.84. The first-order valence-corrected chi connectivity index (χ1v) is 3.77. The highest BCUT2D eigenvalue weighted by Crippen LogP contribution is 2.08. The highest BCUT2D eigenvalue weighted by molar-refractivity contribution is 5.85. The van der Waals surface area contributed by atoms with Gasteiger partial charge in [0.15, 0.2) is 0 Å². The number of piperidine rings is 1. The lowest BCUT2D eigenvalue weighted by atomic mass is 9.99. The van der Waals surface area contributed by atoms with Crippen molar-refractivity contribution in [1.82, 2.24) is 10.6 Å². The molecule has 1 aliphatic heterocycles. The Bertz CT molecular complexity index is 124. The van der Waals surface area contributed by atoms with Gasteiger partial charge in [0, 0.05) is 13.6 Å². The van der Waals surface area contributed by atoms with Crippen molar-refractivity contribution < 1.29 is 4.79 Å². The molecule has 66 valence electrons. The fourth-order valence-electron chi connectivity index (χ4n) is 1.28. The minimum Gasteiger partial charge on any atom is -0.359 e. The monoisotopic (exact) mass is 178 g/mol. The Morgan fingerprint density at radius 2 is 2.36 bits per heavy atom. The van der Waals surface area contributed by atoms with Crippen LogP contribution >= 0.6 is 12.4 Å². The van der Waals surface area contributed by atoms with E-state index in [0.717, 1.165) is 25.9 Å². The number of nitrogens with one attached hydrogen (secondary N) is 2. The minimum absolute atomic E-state index is 0. The van der Waals surface area contributed by atoms with Crippen molar-refractivity contribution in [3.63, 3.8) is 0 Å². The van der Waals surface area contributed by atoms with Gasteiger partial charge in [0.05, 0.1) is 5.92 Å². The molecule has 1 aliphatic rings. The summed E-state index contributed by atoms with van der Waals surface area (Å²) in [6, 6.07) is 0. The third kappa shape index (κ3) is 3.08. The number of amides is 1. The maximum absolute atomic E-state index is 11.0. The molecule has 0 spiro atoms. The van der Waals surface area contributed by atoms with E-state index < -0.39 is 0 Å². The number of carbonyl (C=O) groups is 1. The molecular weight excluding hydrogens is 164 g/mol. The Morgan fingerprint density at radius 3 is 2.82 bits per heavy atom. The smallest absolute Gasteiger partial charge is 0.224 e. The largest absolute Gasteiger partial charge is 0.359 e. The van der Waals surface area contributed by atoms with E-state index in [9.17, 15) is 4.79 Å². The predicted molar refractivity (Wildman–Crippen MR) is 46.9 cm³/mol. The van der Waals surface area contributed by atoms with Gasteiger partial charge in [0.25, 0.3) is 0 Å². The molecule has 0 aromatic heterocycles. The molecule has 1 saturated heterocycles. The first kappa shape index (κ1) is 10.7. The summed E-state index contributed by atoms with van der Waals surface area (Å²) in [6.45, 7) is 1.91. The molecule has 1 rings (SSSR count). The summed E-state index contributed by atoms with van der Waals surface area (Å²) >= 11 is 0. The number of carbonyl (C=O) groups excluding carboxylic acids is 1. The van der Waals surface area contributed by atoms with E-state index in [1.54, 1.807) is 7.05 Å². The third-order valence-corrected chi connectivity index (χ3v) is 1.91. The van der Waals surface area contributed by atoms with Gasteiger partial charge in [0.1, 0.15) is 0 Å². The molecule has 0 aliphatic carbocycles. The fraction of sp³-hybridized carbons (Fsp3) is 0.857. The van der Waals surface area contributed by atoms with Gasteiger partial charge in [-0.3, -0.25) is 4.79 Å². The van der Waals surface area contributed by atoms with Gasteiger partial charge in [-0.25, -0.2) is 0 Å². The van der Waals surface area contributed by atoms with Crippen molar-refractivity contribution in [1.29, 1.82) is 0 Å². The topological polar surface area (TPSA) is 41.1 Å². The van der Waals surface area contributed by atoms with Gasteiger partial charge in [-0.1, -0.05) is 0 Å². The number of hydrogen-bond donors (Lipinski definition) is 2. The molecule has 1 fully saturated rings. The van der Waals surface area contributed by atoms with Gasteiger partial charge in [0.2, 0.25) is 5.91 Å². The quantitative estimate of drug-likeness (QED) is 0.601. The Hall–Kier alpha value is -0.280. The zero-order valence-corrected chi connectivity index (χ0v) is 7.54. The molecule has 0 unspecified atom stereocenters. The predicted octanol–water partition coefficient (Wildman–Crippen LogP) is 0.154. The van der Waals surface area contributed by atoms with Crippen molar-refractivity contribution in [2.75, 3.05) is 20.1 Å². The molecule has 1 atom stereocenters. The van der Waals surface area contributed by atoms with Gasteiger partial charge in [-0.15, -0.1) is 12.4 Å². The van der Waals surface area contributed by atoms with Crippen LogP contribution < -0.4 is 10.6 Å². The Balaban J connectivity index is 0.000001000. The molecule has 2 N–H and O–H groups in total. The first-order chi connectivity index (χ1) is 4.84. The lowest BCUT2D eigenvalue weighted by Crippen LogP contribution is -2.39. The van der Waals surface area contributed by atoms with Gasteiger partial charge < -0.3 is 10.6 Å². The van der Waals surface area contributed by atoms with Crippen LogP contribution in [0.4, 0.5) is 0 Å². The summed E-state index contributed by atoms with van der Waals surface area (Å²) in [7, 11) is 1.69. The Labute approximate surface area is 73.3 Å². The van der Waals surface area contributed by atoms with E-state index in [2.05, 4.69) is 10.6 Å². The molecule has 0 aromatic rings. The lowest BCUT2D eigenvalue weighted by Gasteiger charge is -2.20. The maximum atomic E-state index is 11.0. The maximum Gasteiger partial charge on any atom is 0.224 e. The lowest BCUT2D eigenvalue weighted by molar-refractivity contribution is -0.124. The normalized spacial score (nSPS) is 23.5. The van der Waals surface area contributed by atoms with Gasteiger partial charge in [-0.2, -0.15) is 0 Å². The molecule has 1 heterocycles. The third-order valence-electron chi connectivity index (χ3n) is 1.91. The standard InChI is InChI=1S/C7H14N2O.ClH/c1-8-7(10)6-3-2-4-9-5-6;/h6,9H,2-5H2,1H3,(H,8,10);1H/t6-;/m1./s1. The molecule has 0 saturated carbocycles. The molecule has 0 bridgehead atoms. The molecule has 0 aromatic carbocycles. The second-order valence-electron chi connectivity index (χ2n) is 2.66. The Kier molecular flexibility index (Phi) is 5.24. The second-order valence-corrected chi connectivity index (χ2v) is 2.66. The summed E-state index contributed by atoms with van der Waals surface area (Å²) in [4.78, 5) is 11.0. The van der Waals surface area contributed by atoms with E-state index in [0.29, 0.717) is 0 Å². The van der Waals surface area contributed by atoms with Crippen molar-refractivity contribution >= 4 is 18.3 Å². The molecular formula is C7H15ClN2O. The van der Waals surface area contributed by atoms with Crippen LogP contribution in [-0.4, -0.2) is 26.0 Å². The van der Waals surface area contributed by atoms with Crippen LogP contribution in [0, 0.1) is 5.92 Å². The minimum atomic E-state index is 0.